The summed E-state index contributed by atoms with van der Waals surface area (Å²) in [4.78, 5) is 17.2. The third kappa shape index (κ3) is 1.69. The number of nitrogens with zero attached hydrogens (tertiary/aromatic N) is 3. The first-order valence-electron chi connectivity index (χ1n) is 5.43. The highest BCUT2D eigenvalue weighted by molar-refractivity contribution is 5.79. The Bertz CT molecular complexity index is 365. The van der Waals surface area contributed by atoms with Crippen LogP contribution in [0.25, 0.3) is 0 Å². The van der Waals surface area contributed by atoms with Crippen LogP contribution >= 0.6 is 0 Å². The lowest BCUT2D eigenvalue weighted by Gasteiger charge is -2.32. The van der Waals surface area contributed by atoms with E-state index in [0.717, 1.165) is 13.0 Å². The molecule has 0 aromatic carbocycles. The highest BCUT2D eigenvalue weighted by Crippen LogP contribution is 2.33. The minimum atomic E-state index is -0.754. The maximum absolute atomic E-state index is 11.4. The molecule has 0 bridgehead atoms. The van der Waals surface area contributed by atoms with E-state index in [4.69, 9.17) is 0 Å². The summed E-state index contributed by atoms with van der Waals surface area (Å²) in [5, 5.41) is 13.1. The maximum atomic E-state index is 11.4. The van der Waals surface area contributed by atoms with Gasteiger partial charge in [-0.15, -0.1) is 0 Å². The number of carbonyl (C=O) groups is 1. The molecule has 1 unspecified atom stereocenters. The van der Waals surface area contributed by atoms with Crippen LogP contribution in [0.1, 0.15) is 32.0 Å². The van der Waals surface area contributed by atoms with Crippen LogP contribution < -0.4 is 0 Å². The summed E-state index contributed by atoms with van der Waals surface area (Å²) in [6, 6.07) is 0. The lowest BCUT2D eigenvalue weighted by atomic mass is 9.93. The first-order chi connectivity index (χ1) is 7.69. The molecule has 1 saturated heterocycles. The highest BCUT2D eigenvalue weighted by atomic mass is 16.5. The van der Waals surface area contributed by atoms with Gasteiger partial charge < -0.3 is 9.63 Å². The number of carboxylic acids is 1. The number of aromatic nitrogens is 2. The predicted octanol–water partition coefficient (Wildman–Crippen LogP) is 0.899. The van der Waals surface area contributed by atoms with Crippen LogP contribution in [0.15, 0.2) is 10.9 Å². The zero-order valence-corrected chi connectivity index (χ0v) is 9.22. The molecule has 0 aliphatic carbocycles. The number of rotatable bonds is 4. The predicted molar refractivity (Wildman–Crippen MR) is 54.6 cm³/mol. The van der Waals surface area contributed by atoms with Crippen molar-refractivity contribution in [2.45, 2.75) is 38.3 Å². The molecule has 0 spiro atoms. The molecule has 88 valence electrons. The number of carboxylic acid groups (broad SMARTS) is 1. The summed E-state index contributed by atoms with van der Waals surface area (Å²) in [7, 11) is 0. The van der Waals surface area contributed by atoms with Crippen molar-refractivity contribution in [3.8, 4) is 0 Å². The standard InChI is InChI=1S/C10H15N3O3/c1-2-10(9(14)15)4-3-5-13(10)6-8-11-7-16-12-8/h7H,2-6H2,1H3,(H,14,15). The van der Waals surface area contributed by atoms with Gasteiger partial charge in [-0.2, -0.15) is 4.98 Å². The Labute approximate surface area is 93.2 Å². The fraction of sp³-hybridized carbons (Fsp3) is 0.700. The molecule has 2 rings (SSSR count). The third-order valence-electron chi connectivity index (χ3n) is 3.35. The van der Waals surface area contributed by atoms with Crippen molar-refractivity contribution < 1.29 is 14.4 Å². The van der Waals surface area contributed by atoms with Gasteiger partial charge >= 0.3 is 5.97 Å². The molecule has 16 heavy (non-hydrogen) atoms. The monoisotopic (exact) mass is 225 g/mol. The Morgan fingerprint density at radius 3 is 3.12 bits per heavy atom. The summed E-state index contributed by atoms with van der Waals surface area (Å²) >= 11 is 0. The Morgan fingerprint density at radius 2 is 2.56 bits per heavy atom. The van der Waals surface area contributed by atoms with Crippen molar-refractivity contribution in [1.82, 2.24) is 15.0 Å². The summed E-state index contributed by atoms with van der Waals surface area (Å²) in [6.45, 7) is 3.12. The molecule has 1 N–H and O–H groups in total. The number of likely N-dealkylation sites (tertiary alicyclic amines) is 1. The van der Waals surface area contributed by atoms with Gasteiger partial charge in [-0.05, 0) is 25.8 Å². The summed E-state index contributed by atoms with van der Waals surface area (Å²) in [6.07, 6.45) is 3.45. The first-order valence-corrected chi connectivity index (χ1v) is 5.43. The molecule has 0 saturated carbocycles. The Balaban J connectivity index is 2.16. The topological polar surface area (TPSA) is 79.5 Å². The van der Waals surface area contributed by atoms with E-state index in [-0.39, 0.29) is 0 Å². The van der Waals surface area contributed by atoms with Crippen LogP contribution in [0, 0.1) is 0 Å². The highest BCUT2D eigenvalue weighted by Gasteiger charge is 2.46. The van der Waals surface area contributed by atoms with Gasteiger partial charge in [-0.3, -0.25) is 9.69 Å². The summed E-state index contributed by atoms with van der Waals surface area (Å²) in [5.41, 5.74) is -0.749. The lowest BCUT2D eigenvalue weighted by Crippen LogP contribution is -2.49. The van der Waals surface area contributed by atoms with Crippen molar-refractivity contribution in [3.63, 3.8) is 0 Å². The van der Waals surface area contributed by atoms with Crippen LogP contribution in [-0.4, -0.2) is 38.2 Å². The first kappa shape index (κ1) is 11.1. The molecule has 1 aliphatic heterocycles. The van der Waals surface area contributed by atoms with Crippen LogP contribution in [0.5, 0.6) is 0 Å². The van der Waals surface area contributed by atoms with Crippen molar-refractivity contribution in [2.75, 3.05) is 6.54 Å². The molecular weight excluding hydrogens is 210 g/mol. The largest absolute Gasteiger partial charge is 0.480 e. The molecule has 1 atom stereocenters. The Kier molecular flexibility index (Phi) is 2.91. The van der Waals surface area contributed by atoms with Crippen LogP contribution in [0.3, 0.4) is 0 Å². The number of aliphatic carboxylic acids is 1. The van der Waals surface area contributed by atoms with E-state index in [1.807, 2.05) is 11.8 Å². The molecule has 1 aromatic heterocycles. The van der Waals surface area contributed by atoms with Gasteiger partial charge in [0, 0.05) is 0 Å². The van der Waals surface area contributed by atoms with Crippen molar-refractivity contribution in [3.05, 3.63) is 12.2 Å². The second kappa shape index (κ2) is 4.21. The fourth-order valence-corrected chi connectivity index (χ4v) is 2.39. The molecule has 1 aromatic rings. The molecule has 6 nitrogen and oxygen atoms in total. The average Bonchev–Trinajstić information content (AvgIpc) is 2.88. The molecule has 6 heteroatoms. The van der Waals surface area contributed by atoms with Gasteiger partial charge in [-0.1, -0.05) is 12.1 Å². The Hall–Kier alpha value is -1.43. The number of hydrogen-bond acceptors (Lipinski definition) is 5. The SMILES string of the molecule is CCC1(C(=O)O)CCCN1Cc1ncon1. The third-order valence-corrected chi connectivity index (χ3v) is 3.35. The Morgan fingerprint density at radius 1 is 1.75 bits per heavy atom. The molecule has 0 radical (unpaired) electrons. The summed E-state index contributed by atoms with van der Waals surface area (Å²) < 4.78 is 4.65. The van der Waals surface area contributed by atoms with Crippen molar-refractivity contribution >= 4 is 5.97 Å². The molecule has 1 fully saturated rings. The second-order valence-corrected chi connectivity index (χ2v) is 4.06. The van der Waals surface area contributed by atoms with E-state index in [0.29, 0.717) is 25.2 Å². The van der Waals surface area contributed by atoms with Gasteiger partial charge in [0.2, 0.25) is 6.39 Å². The number of hydrogen-bond donors (Lipinski definition) is 1. The van der Waals surface area contributed by atoms with E-state index in [9.17, 15) is 9.90 Å². The zero-order valence-electron chi connectivity index (χ0n) is 9.22. The zero-order chi connectivity index (χ0) is 11.6. The fourth-order valence-electron chi connectivity index (χ4n) is 2.39. The van der Waals surface area contributed by atoms with Crippen LogP contribution in [-0.2, 0) is 11.3 Å². The van der Waals surface area contributed by atoms with Gasteiger partial charge in [0.05, 0.1) is 6.54 Å². The van der Waals surface area contributed by atoms with Crippen LogP contribution in [0.4, 0.5) is 0 Å². The maximum Gasteiger partial charge on any atom is 0.324 e. The van der Waals surface area contributed by atoms with E-state index >= 15 is 0 Å². The quantitative estimate of drug-likeness (QED) is 0.820. The van der Waals surface area contributed by atoms with Gasteiger partial charge in [0.25, 0.3) is 0 Å². The lowest BCUT2D eigenvalue weighted by molar-refractivity contribution is -0.150. The second-order valence-electron chi connectivity index (χ2n) is 4.06. The molecular formula is C10H15N3O3. The molecule has 2 heterocycles. The van der Waals surface area contributed by atoms with Crippen LogP contribution in [0.2, 0.25) is 0 Å². The van der Waals surface area contributed by atoms with Crippen molar-refractivity contribution in [2.24, 2.45) is 0 Å². The smallest absolute Gasteiger partial charge is 0.324 e. The molecule has 0 amide bonds. The van der Waals surface area contributed by atoms with Crippen molar-refractivity contribution in [1.29, 1.82) is 0 Å². The van der Waals surface area contributed by atoms with Gasteiger partial charge in [-0.25, -0.2) is 0 Å². The van der Waals surface area contributed by atoms with Gasteiger partial charge in [0.1, 0.15) is 5.54 Å². The molecule has 1 aliphatic rings. The average molecular weight is 225 g/mol. The minimum Gasteiger partial charge on any atom is -0.480 e. The van der Waals surface area contributed by atoms with E-state index in [1.54, 1.807) is 0 Å². The van der Waals surface area contributed by atoms with E-state index in [1.165, 1.54) is 6.39 Å². The normalized spacial score (nSPS) is 26.1. The van der Waals surface area contributed by atoms with E-state index in [2.05, 4.69) is 14.7 Å². The minimum absolute atomic E-state index is 0.441. The summed E-state index contributed by atoms with van der Waals surface area (Å²) in [5.74, 6) is -0.211. The van der Waals surface area contributed by atoms with E-state index < -0.39 is 11.5 Å². The van der Waals surface area contributed by atoms with Gasteiger partial charge in [0.15, 0.2) is 5.82 Å².